The van der Waals surface area contributed by atoms with E-state index in [0.29, 0.717) is 11.5 Å². The summed E-state index contributed by atoms with van der Waals surface area (Å²) < 4.78 is 35.0. The van der Waals surface area contributed by atoms with E-state index in [9.17, 15) is 13.9 Å². The van der Waals surface area contributed by atoms with Crippen LogP contribution in [0.3, 0.4) is 0 Å². The van der Waals surface area contributed by atoms with Crippen LogP contribution < -0.4 is 0 Å². The molecule has 40 heavy (non-hydrogen) atoms. The Morgan fingerprint density at radius 1 is 0.850 bits per heavy atom. The molecule has 0 spiro atoms. The van der Waals surface area contributed by atoms with Crippen molar-refractivity contribution in [2.24, 2.45) is 11.8 Å². The zero-order valence-electron chi connectivity index (χ0n) is 24.5. The zero-order valence-corrected chi connectivity index (χ0v) is 24.5. The molecular weight excluding hydrogens is 502 g/mol. The summed E-state index contributed by atoms with van der Waals surface area (Å²) in [6.45, 7) is 4.46. The third-order valence-corrected chi connectivity index (χ3v) is 8.87. The second-order valence-corrected chi connectivity index (χ2v) is 11.7. The summed E-state index contributed by atoms with van der Waals surface area (Å²) in [4.78, 5) is 0. The maximum atomic E-state index is 15.0. The van der Waals surface area contributed by atoms with Gasteiger partial charge in [0, 0.05) is 25.2 Å². The fourth-order valence-corrected chi connectivity index (χ4v) is 6.41. The number of unbranched alkanes of at least 4 members (excludes halogenated alkanes) is 2. The molecule has 3 aromatic rings. The maximum Gasteiger partial charge on any atom is 0.129 e. The van der Waals surface area contributed by atoms with Gasteiger partial charge >= 0.3 is 0 Å². The van der Waals surface area contributed by atoms with Gasteiger partial charge in [-0.3, -0.25) is 0 Å². The standard InChI is InChI=1S/C36H46F2O2/c1-4-6-7-8-25-9-11-28(12-10-25)29-13-15-30(16-14-29)33-18-17-31(20-27(33)5-2)32-21-35(37)34(36(38)22-32)19-26(23-39)24-40-3/h13-18,20-22,25-26,28,39H,4-12,19,23-24H2,1-3H3. The minimum atomic E-state index is -0.586. The van der Waals surface area contributed by atoms with Gasteiger partial charge in [-0.2, -0.15) is 0 Å². The number of methoxy groups -OCH3 is 1. The third kappa shape index (κ3) is 7.59. The van der Waals surface area contributed by atoms with E-state index in [2.05, 4.69) is 50.2 Å². The van der Waals surface area contributed by atoms with Gasteiger partial charge in [-0.15, -0.1) is 0 Å². The van der Waals surface area contributed by atoms with Crippen LogP contribution in [0.2, 0.25) is 0 Å². The van der Waals surface area contributed by atoms with Crippen molar-refractivity contribution in [2.75, 3.05) is 20.3 Å². The molecule has 1 saturated carbocycles. The fraction of sp³-hybridized carbons (Fsp3) is 0.500. The highest BCUT2D eigenvalue weighted by Gasteiger charge is 2.22. The van der Waals surface area contributed by atoms with Crippen LogP contribution in [0.5, 0.6) is 0 Å². The van der Waals surface area contributed by atoms with Crippen molar-refractivity contribution in [1.82, 2.24) is 0 Å². The second-order valence-electron chi connectivity index (χ2n) is 11.7. The van der Waals surface area contributed by atoms with Gasteiger partial charge in [0.25, 0.3) is 0 Å². The molecule has 0 amide bonds. The quantitative estimate of drug-likeness (QED) is 0.216. The molecule has 3 aromatic carbocycles. The third-order valence-electron chi connectivity index (χ3n) is 8.87. The molecule has 0 aromatic heterocycles. The predicted molar refractivity (Wildman–Crippen MR) is 162 cm³/mol. The van der Waals surface area contributed by atoms with E-state index in [1.165, 1.54) is 87.3 Å². The molecule has 0 saturated heterocycles. The molecule has 1 aliphatic rings. The average Bonchev–Trinajstić information content (AvgIpc) is 2.98. The van der Waals surface area contributed by atoms with Crippen molar-refractivity contribution in [2.45, 2.75) is 84.0 Å². The zero-order chi connectivity index (χ0) is 28.5. The molecule has 0 heterocycles. The highest BCUT2D eigenvalue weighted by atomic mass is 19.1. The van der Waals surface area contributed by atoms with Crippen LogP contribution in [0.25, 0.3) is 22.3 Å². The average molecular weight is 549 g/mol. The number of aliphatic hydroxyl groups excluding tert-OH is 1. The van der Waals surface area contributed by atoms with Gasteiger partial charge < -0.3 is 9.84 Å². The van der Waals surface area contributed by atoms with Crippen LogP contribution in [0.4, 0.5) is 8.78 Å². The van der Waals surface area contributed by atoms with Crippen LogP contribution in [-0.2, 0) is 17.6 Å². The van der Waals surface area contributed by atoms with Crippen molar-refractivity contribution in [3.05, 3.63) is 82.9 Å². The van der Waals surface area contributed by atoms with Gasteiger partial charge in [0.1, 0.15) is 11.6 Å². The summed E-state index contributed by atoms with van der Waals surface area (Å²) in [5.41, 5.74) is 6.27. The Balaban J connectivity index is 1.47. The number of halogens is 2. The van der Waals surface area contributed by atoms with Gasteiger partial charge in [0.05, 0.1) is 6.61 Å². The van der Waals surface area contributed by atoms with Gasteiger partial charge in [-0.25, -0.2) is 8.78 Å². The van der Waals surface area contributed by atoms with Crippen LogP contribution in [0.15, 0.2) is 54.6 Å². The first-order valence-corrected chi connectivity index (χ1v) is 15.3. The molecule has 0 bridgehead atoms. The van der Waals surface area contributed by atoms with Crippen LogP contribution in [0.1, 0.15) is 87.8 Å². The second kappa shape index (κ2) is 14.9. The Bertz CT molecular complexity index is 1190. The molecule has 216 valence electrons. The van der Waals surface area contributed by atoms with Crippen LogP contribution in [0, 0.1) is 23.5 Å². The van der Waals surface area contributed by atoms with Crippen molar-refractivity contribution < 1.29 is 18.6 Å². The smallest absolute Gasteiger partial charge is 0.129 e. The van der Waals surface area contributed by atoms with Gasteiger partial charge in [-0.1, -0.05) is 82.0 Å². The number of ether oxygens (including phenoxy) is 1. The molecule has 1 atom stereocenters. The molecule has 1 N–H and O–H groups in total. The van der Waals surface area contributed by atoms with Crippen molar-refractivity contribution in [3.8, 4) is 22.3 Å². The molecule has 0 radical (unpaired) electrons. The Kier molecular flexibility index (Phi) is 11.3. The highest BCUT2D eigenvalue weighted by Crippen LogP contribution is 2.39. The number of rotatable bonds is 13. The molecule has 4 rings (SSSR count). The first-order chi connectivity index (χ1) is 19.5. The van der Waals surface area contributed by atoms with Gasteiger partial charge in [-0.05, 0) is 95.9 Å². The minimum absolute atomic E-state index is 0.00254. The molecule has 4 heteroatoms. The van der Waals surface area contributed by atoms with E-state index >= 15 is 0 Å². The summed E-state index contributed by atoms with van der Waals surface area (Å²) in [5, 5.41) is 9.51. The van der Waals surface area contributed by atoms with E-state index in [4.69, 9.17) is 4.74 Å². The van der Waals surface area contributed by atoms with E-state index in [0.717, 1.165) is 23.5 Å². The topological polar surface area (TPSA) is 29.5 Å². The van der Waals surface area contributed by atoms with Gasteiger partial charge in [0.15, 0.2) is 0 Å². The minimum Gasteiger partial charge on any atom is -0.396 e. The number of aryl methyl sites for hydroxylation is 1. The predicted octanol–water partition coefficient (Wildman–Crippen LogP) is 9.51. The number of hydrogen-bond donors (Lipinski definition) is 1. The summed E-state index contributed by atoms with van der Waals surface area (Å²) in [6.07, 6.45) is 11.7. The van der Waals surface area contributed by atoms with Crippen molar-refractivity contribution >= 4 is 0 Å². The monoisotopic (exact) mass is 548 g/mol. The lowest BCUT2D eigenvalue weighted by Crippen LogP contribution is -2.17. The molecule has 1 unspecified atom stereocenters. The van der Waals surface area contributed by atoms with Crippen molar-refractivity contribution in [1.29, 1.82) is 0 Å². The molecule has 1 fully saturated rings. The van der Waals surface area contributed by atoms with E-state index < -0.39 is 11.6 Å². The maximum absolute atomic E-state index is 15.0. The highest BCUT2D eigenvalue weighted by molar-refractivity contribution is 5.74. The first kappa shape index (κ1) is 30.4. The number of hydrogen-bond acceptors (Lipinski definition) is 2. The Labute approximate surface area is 239 Å². The summed E-state index contributed by atoms with van der Waals surface area (Å²) >= 11 is 0. The summed E-state index contributed by atoms with van der Waals surface area (Å²) in [6, 6.07) is 18.0. The van der Waals surface area contributed by atoms with Gasteiger partial charge in [0.2, 0.25) is 0 Å². The summed E-state index contributed by atoms with van der Waals surface area (Å²) in [7, 11) is 1.52. The number of aliphatic hydroxyl groups is 1. The van der Waals surface area contributed by atoms with Crippen molar-refractivity contribution in [3.63, 3.8) is 0 Å². The molecule has 2 nitrogen and oxygen atoms in total. The lowest BCUT2D eigenvalue weighted by atomic mass is 9.77. The lowest BCUT2D eigenvalue weighted by molar-refractivity contribution is 0.109. The molecule has 1 aliphatic carbocycles. The number of benzene rings is 3. The Morgan fingerprint density at radius 3 is 2.12 bits per heavy atom. The Morgan fingerprint density at radius 2 is 1.52 bits per heavy atom. The lowest BCUT2D eigenvalue weighted by Gasteiger charge is -2.29. The van der Waals surface area contributed by atoms with Crippen LogP contribution >= 0.6 is 0 Å². The molecule has 0 aliphatic heterocycles. The van der Waals surface area contributed by atoms with E-state index in [1.807, 2.05) is 6.07 Å². The normalized spacial score (nSPS) is 18.1. The van der Waals surface area contributed by atoms with E-state index in [-0.39, 0.29) is 31.1 Å². The Hall–Kier alpha value is -2.56. The summed E-state index contributed by atoms with van der Waals surface area (Å²) in [5.74, 6) is 0.0655. The first-order valence-electron chi connectivity index (χ1n) is 15.3. The fourth-order valence-electron chi connectivity index (χ4n) is 6.41. The van der Waals surface area contributed by atoms with E-state index in [1.54, 1.807) is 0 Å². The largest absolute Gasteiger partial charge is 0.396 e. The molecular formula is C36H46F2O2. The SMILES string of the molecule is CCCCCC1CCC(c2ccc(-c3ccc(-c4cc(F)c(CC(CO)COC)c(F)c4)cc3CC)cc2)CC1. The van der Waals surface area contributed by atoms with Crippen LogP contribution in [-0.4, -0.2) is 25.4 Å².